The number of carbonyl (C=O) groups excluding carboxylic acids is 3. The molecule has 0 saturated heterocycles. The first-order chi connectivity index (χ1) is 13.0. The van der Waals surface area contributed by atoms with E-state index in [-0.39, 0.29) is 11.9 Å². The second-order valence-electron chi connectivity index (χ2n) is 5.81. The van der Waals surface area contributed by atoms with Gasteiger partial charge in [-0.05, 0) is 31.5 Å². The van der Waals surface area contributed by atoms with Crippen LogP contribution in [0.25, 0.3) is 0 Å². The van der Waals surface area contributed by atoms with Crippen molar-refractivity contribution in [1.82, 2.24) is 5.32 Å². The van der Waals surface area contributed by atoms with Gasteiger partial charge in [0.2, 0.25) is 0 Å². The van der Waals surface area contributed by atoms with Crippen LogP contribution < -0.4 is 10.6 Å². The predicted molar refractivity (Wildman–Crippen MR) is 103 cm³/mol. The lowest BCUT2D eigenvalue weighted by molar-refractivity contribution is -0.142. The van der Waals surface area contributed by atoms with Crippen molar-refractivity contribution < 1.29 is 19.1 Å². The fourth-order valence-electron chi connectivity index (χ4n) is 2.40. The molecule has 2 rings (SSSR count). The van der Waals surface area contributed by atoms with Crippen LogP contribution in [0.15, 0.2) is 66.7 Å². The number of nitrogens with one attached hydrogen (secondary N) is 2. The van der Waals surface area contributed by atoms with Gasteiger partial charge in [-0.1, -0.05) is 48.5 Å². The van der Waals surface area contributed by atoms with Crippen LogP contribution in [0.1, 0.15) is 35.8 Å². The van der Waals surface area contributed by atoms with E-state index in [1.165, 1.54) is 12.2 Å². The van der Waals surface area contributed by atoms with Gasteiger partial charge in [-0.2, -0.15) is 0 Å². The third kappa shape index (κ3) is 6.11. The summed E-state index contributed by atoms with van der Waals surface area (Å²) in [5, 5.41) is 5.51. The molecule has 0 saturated carbocycles. The number of anilines is 1. The maximum atomic E-state index is 12.6. The number of allylic oxidation sites excluding steroid dienone is 1. The highest BCUT2D eigenvalue weighted by atomic mass is 16.5. The van der Waals surface area contributed by atoms with E-state index in [2.05, 4.69) is 10.6 Å². The number of hydrogen-bond acceptors (Lipinski definition) is 4. The Kier molecular flexibility index (Phi) is 7.31. The van der Waals surface area contributed by atoms with Crippen molar-refractivity contribution in [2.75, 3.05) is 11.9 Å². The molecule has 0 aliphatic rings. The molecule has 0 bridgehead atoms. The van der Waals surface area contributed by atoms with Crippen molar-refractivity contribution >= 4 is 23.5 Å². The summed E-state index contributed by atoms with van der Waals surface area (Å²) < 4.78 is 4.80. The minimum absolute atomic E-state index is 0.191. The Bertz CT molecular complexity index is 831. The lowest BCUT2D eigenvalue weighted by Gasteiger charge is -2.16. The molecule has 0 spiro atoms. The molecule has 0 radical (unpaired) electrons. The van der Waals surface area contributed by atoms with E-state index >= 15 is 0 Å². The average molecular weight is 366 g/mol. The van der Waals surface area contributed by atoms with Crippen LogP contribution in [0.4, 0.5) is 5.69 Å². The summed E-state index contributed by atoms with van der Waals surface area (Å²) in [5.74, 6) is -1.44. The first kappa shape index (κ1) is 19.9. The van der Waals surface area contributed by atoms with Crippen LogP contribution in [-0.4, -0.2) is 24.4 Å². The van der Waals surface area contributed by atoms with E-state index in [0.29, 0.717) is 11.3 Å². The van der Waals surface area contributed by atoms with E-state index in [4.69, 9.17) is 4.74 Å². The van der Waals surface area contributed by atoms with Crippen LogP contribution in [0, 0.1) is 0 Å². The number of benzene rings is 2. The highest BCUT2D eigenvalue weighted by molar-refractivity contribution is 6.04. The van der Waals surface area contributed by atoms with Crippen LogP contribution in [-0.2, 0) is 14.3 Å². The van der Waals surface area contributed by atoms with Gasteiger partial charge in [0.05, 0.1) is 17.3 Å². The van der Waals surface area contributed by atoms with Crippen LogP contribution in [0.2, 0.25) is 0 Å². The smallest absolute Gasteiger partial charge is 0.330 e. The zero-order valence-electron chi connectivity index (χ0n) is 15.3. The normalized spacial score (nSPS) is 11.6. The van der Waals surface area contributed by atoms with Gasteiger partial charge in [-0.15, -0.1) is 0 Å². The monoisotopic (exact) mass is 366 g/mol. The standard InChI is InChI=1S/C21H22N2O4/c1-3-9-20(25)27-14-19(24)23-18-13-8-7-12-17(18)21(26)22-15(2)16-10-5-4-6-11-16/h3-13,15H,14H2,1-2H3,(H,22,26)(H,23,24)/b9-3+. The Morgan fingerprint density at radius 1 is 1.04 bits per heavy atom. The number of carbonyl (C=O) groups is 3. The van der Waals surface area contributed by atoms with E-state index in [1.54, 1.807) is 31.2 Å². The molecule has 27 heavy (non-hydrogen) atoms. The molecule has 1 unspecified atom stereocenters. The van der Waals surface area contributed by atoms with Crippen molar-refractivity contribution in [2.45, 2.75) is 19.9 Å². The Morgan fingerprint density at radius 3 is 2.41 bits per heavy atom. The lowest BCUT2D eigenvalue weighted by Crippen LogP contribution is -2.28. The van der Waals surface area contributed by atoms with Crippen molar-refractivity contribution in [3.8, 4) is 0 Å². The summed E-state index contributed by atoms with van der Waals surface area (Å²) >= 11 is 0. The highest BCUT2D eigenvalue weighted by Gasteiger charge is 2.16. The molecule has 0 aliphatic heterocycles. The van der Waals surface area contributed by atoms with E-state index in [1.807, 2.05) is 37.3 Å². The van der Waals surface area contributed by atoms with Gasteiger partial charge < -0.3 is 15.4 Å². The largest absolute Gasteiger partial charge is 0.452 e. The van der Waals surface area contributed by atoms with E-state index in [0.717, 1.165) is 5.56 Å². The van der Waals surface area contributed by atoms with Crippen molar-refractivity contribution in [3.63, 3.8) is 0 Å². The van der Waals surface area contributed by atoms with Gasteiger partial charge >= 0.3 is 5.97 Å². The Hall–Kier alpha value is -3.41. The second-order valence-corrected chi connectivity index (χ2v) is 5.81. The minimum Gasteiger partial charge on any atom is -0.452 e. The topological polar surface area (TPSA) is 84.5 Å². The maximum Gasteiger partial charge on any atom is 0.330 e. The number of amides is 2. The second kappa shape index (κ2) is 9.91. The molecule has 0 aliphatic carbocycles. The quantitative estimate of drug-likeness (QED) is 0.582. The van der Waals surface area contributed by atoms with Crippen LogP contribution >= 0.6 is 0 Å². The van der Waals surface area contributed by atoms with Crippen LogP contribution in [0.5, 0.6) is 0 Å². The molecule has 2 amide bonds. The Balaban J connectivity index is 2.03. The summed E-state index contributed by atoms with van der Waals surface area (Å²) in [6.45, 7) is 3.13. The molecule has 0 fully saturated rings. The molecule has 2 aromatic rings. The number of rotatable bonds is 7. The summed E-state index contributed by atoms with van der Waals surface area (Å²) in [7, 11) is 0. The third-order valence-corrected chi connectivity index (χ3v) is 3.74. The van der Waals surface area contributed by atoms with Crippen LogP contribution in [0.3, 0.4) is 0 Å². The zero-order valence-corrected chi connectivity index (χ0v) is 15.3. The minimum atomic E-state index is -0.602. The number of hydrogen-bond donors (Lipinski definition) is 2. The highest BCUT2D eigenvalue weighted by Crippen LogP contribution is 2.18. The number of ether oxygens (including phenoxy) is 1. The zero-order chi connectivity index (χ0) is 19.6. The Labute approximate surface area is 158 Å². The molecular weight excluding hydrogens is 344 g/mol. The molecule has 2 aromatic carbocycles. The SMILES string of the molecule is C/C=C/C(=O)OCC(=O)Nc1ccccc1C(=O)NC(C)c1ccccc1. The van der Waals surface area contributed by atoms with Gasteiger partial charge in [0.1, 0.15) is 0 Å². The van der Waals surface area contributed by atoms with Crippen molar-refractivity contribution in [1.29, 1.82) is 0 Å². The number of esters is 1. The van der Waals surface area contributed by atoms with Crippen molar-refractivity contribution in [2.24, 2.45) is 0 Å². The average Bonchev–Trinajstić information content (AvgIpc) is 2.67. The molecule has 2 N–H and O–H groups in total. The third-order valence-electron chi connectivity index (χ3n) is 3.74. The summed E-state index contributed by atoms with van der Waals surface area (Å²) in [6.07, 6.45) is 2.74. The molecule has 6 heteroatoms. The number of para-hydroxylation sites is 1. The predicted octanol–water partition coefficient (Wildman–Crippen LogP) is 3.24. The van der Waals surface area contributed by atoms with Gasteiger partial charge in [-0.25, -0.2) is 4.79 Å². The maximum absolute atomic E-state index is 12.6. The first-order valence-corrected chi connectivity index (χ1v) is 8.55. The molecule has 140 valence electrons. The molecule has 0 aromatic heterocycles. The molecular formula is C21H22N2O4. The molecule has 0 heterocycles. The van der Waals surface area contributed by atoms with E-state index < -0.39 is 18.5 Å². The summed E-state index contributed by atoms with van der Waals surface area (Å²) in [4.78, 5) is 35.9. The fourth-order valence-corrected chi connectivity index (χ4v) is 2.40. The molecule has 1 atom stereocenters. The van der Waals surface area contributed by atoms with E-state index in [9.17, 15) is 14.4 Å². The molecule has 6 nitrogen and oxygen atoms in total. The van der Waals surface area contributed by atoms with Gasteiger partial charge in [0, 0.05) is 6.08 Å². The summed E-state index contributed by atoms with van der Waals surface area (Å²) in [6, 6.07) is 16.0. The lowest BCUT2D eigenvalue weighted by atomic mass is 10.1. The van der Waals surface area contributed by atoms with Gasteiger partial charge in [-0.3, -0.25) is 9.59 Å². The Morgan fingerprint density at radius 2 is 1.70 bits per heavy atom. The van der Waals surface area contributed by atoms with Gasteiger partial charge in [0.25, 0.3) is 11.8 Å². The fraction of sp³-hybridized carbons (Fsp3) is 0.190. The first-order valence-electron chi connectivity index (χ1n) is 8.55. The summed E-state index contributed by atoms with van der Waals surface area (Å²) in [5.41, 5.74) is 1.65. The van der Waals surface area contributed by atoms with Crippen molar-refractivity contribution in [3.05, 3.63) is 77.9 Å². The van der Waals surface area contributed by atoms with Gasteiger partial charge in [0.15, 0.2) is 6.61 Å².